The van der Waals surface area contributed by atoms with E-state index in [2.05, 4.69) is 5.32 Å². The van der Waals surface area contributed by atoms with Crippen molar-refractivity contribution < 1.29 is 14.3 Å². The van der Waals surface area contributed by atoms with E-state index in [-0.39, 0.29) is 25.1 Å². The standard InChI is InChI=1S/C15H21N3O3/c16-9-14(19)18-8-4-7-13(10-18)17-15(20)21-11-12-5-2-1-3-6-12/h1-3,5-6,13H,4,7-11,16H2,(H,17,20). The van der Waals surface area contributed by atoms with E-state index in [1.807, 2.05) is 30.3 Å². The molecule has 1 saturated heterocycles. The third-order valence-electron chi connectivity index (χ3n) is 3.48. The number of piperidine rings is 1. The molecule has 1 atom stereocenters. The Bertz CT molecular complexity index is 478. The molecule has 1 aliphatic heterocycles. The van der Waals surface area contributed by atoms with Crippen LogP contribution in [0.4, 0.5) is 4.79 Å². The van der Waals surface area contributed by atoms with Crippen LogP contribution in [-0.2, 0) is 16.1 Å². The molecule has 3 N–H and O–H groups in total. The van der Waals surface area contributed by atoms with Crippen LogP contribution in [0.1, 0.15) is 18.4 Å². The van der Waals surface area contributed by atoms with Gasteiger partial charge in [-0.2, -0.15) is 0 Å². The fourth-order valence-corrected chi connectivity index (χ4v) is 2.38. The van der Waals surface area contributed by atoms with Gasteiger partial charge in [0.15, 0.2) is 0 Å². The minimum Gasteiger partial charge on any atom is -0.445 e. The highest BCUT2D eigenvalue weighted by molar-refractivity contribution is 5.78. The molecular formula is C15H21N3O3. The Morgan fingerprint density at radius 2 is 2.10 bits per heavy atom. The number of carbonyl (C=O) groups excluding carboxylic acids is 2. The average Bonchev–Trinajstić information content (AvgIpc) is 2.53. The summed E-state index contributed by atoms with van der Waals surface area (Å²) >= 11 is 0. The lowest BCUT2D eigenvalue weighted by molar-refractivity contribution is -0.131. The lowest BCUT2D eigenvalue weighted by Crippen LogP contribution is -2.51. The third-order valence-corrected chi connectivity index (χ3v) is 3.48. The SMILES string of the molecule is NCC(=O)N1CCCC(NC(=O)OCc2ccccc2)C1. The zero-order chi connectivity index (χ0) is 15.1. The van der Waals surface area contributed by atoms with Gasteiger partial charge in [-0.15, -0.1) is 0 Å². The Kier molecular flexibility index (Phi) is 5.57. The summed E-state index contributed by atoms with van der Waals surface area (Å²) in [4.78, 5) is 25.0. The largest absolute Gasteiger partial charge is 0.445 e. The lowest BCUT2D eigenvalue weighted by atomic mass is 10.1. The second-order valence-electron chi connectivity index (χ2n) is 5.09. The monoisotopic (exact) mass is 291 g/mol. The molecule has 0 aliphatic carbocycles. The van der Waals surface area contributed by atoms with Crippen molar-refractivity contribution in [3.63, 3.8) is 0 Å². The summed E-state index contributed by atoms with van der Waals surface area (Å²) in [6.45, 7) is 1.44. The molecule has 21 heavy (non-hydrogen) atoms. The number of hydrogen-bond acceptors (Lipinski definition) is 4. The number of alkyl carbamates (subject to hydrolysis) is 1. The van der Waals surface area contributed by atoms with Gasteiger partial charge in [0, 0.05) is 19.1 Å². The van der Waals surface area contributed by atoms with Crippen molar-refractivity contribution in [3.05, 3.63) is 35.9 Å². The van der Waals surface area contributed by atoms with E-state index in [4.69, 9.17) is 10.5 Å². The molecule has 1 heterocycles. The van der Waals surface area contributed by atoms with Gasteiger partial charge in [-0.05, 0) is 18.4 Å². The third kappa shape index (κ3) is 4.75. The number of hydrogen-bond donors (Lipinski definition) is 2. The van der Waals surface area contributed by atoms with Crippen molar-refractivity contribution in [3.8, 4) is 0 Å². The number of likely N-dealkylation sites (tertiary alicyclic amines) is 1. The minimum atomic E-state index is -0.453. The number of amides is 2. The Hall–Kier alpha value is -2.08. The Morgan fingerprint density at radius 3 is 2.81 bits per heavy atom. The minimum absolute atomic E-state index is 0.00513. The molecule has 1 aliphatic rings. The van der Waals surface area contributed by atoms with Crippen LogP contribution in [0.3, 0.4) is 0 Å². The Morgan fingerprint density at radius 1 is 1.33 bits per heavy atom. The summed E-state index contributed by atoms with van der Waals surface area (Å²) in [5, 5.41) is 2.80. The first-order valence-corrected chi connectivity index (χ1v) is 7.14. The topological polar surface area (TPSA) is 84.7 Å². The smallest absolute Gasteiger partial charge is 0.407 e. The zero-order valence-corrected chi connectivity index (χ0v) is 12.0. The molecule has 0 bridgehead atoms. The number of ether oxygens (including phenoxy) is 1. The zero-order valence-electron chi connectivity index (χ0n) is 12.0. The highest BCUT2D eigenvalue weighted by Gasteiger charge is 2.24. The number of nitrogens with one attached hydrogen (secondary N) is 1. The fraction of sp³-hybridized carbons (Fsp3) is 0.467. The molecule has 0 spiro atoms. The molecule has 0 saturated carbocycles. The highest BCUT2D eigenvalue weighted by atomic mass is 16.5. The molecule has 1 fully saturated rings. The van der Waals surface area contributed by atoms with Crippen LogP contribution < -0.4 is 11.1 Å². The van der Waals surface area contributed by atoms with Crippen LogP contribution in [0.2, 0.25) is 0 Å². The summed E-state index contributed by atoms with van der Waals surface area (Å²) in [5.74, 6) is -0.0841. The summed E-state index contributed by atoms with van der Waals surface area (Å²) in [5.41, 5.74) is 6.30. The van der Waals surface area contributed by atoms with Gasteiger partial charge in [0.2, 0.25) is 5.91 Å². The lowest BCUT2D eigenvalue weighted by Gasteiger charge is -2.32. The number of rotatable bonds is 4. The molecule has 1 aromatic carbocycles. The van der Waals surface area contributed by atoms with Crippen molar-refractivity contribution >= 4 is 12.0 Å². The van der Waals surface area contributed by atoms with Crippen LogP contribution in [-0.4, -0.2) is 42.6 Å². The van der Waals surface area contributed by atoms with E-state index in [0.717, 1.165) is 18.4 Å². The normalized spacial score (nSPS) is 18.1. The summed E-state index contributed by atoms with van der Waals surface area (Å²) in [6, 6.07) is 9.43. The number of benzene rings is 1. The van der Waals surface area contributed by atoms with Crippen LogP contribution >= 0.6 is 0 Å². The first-order chi connectivity index (χ1) is 10.2. The quantitative estimate of drug-likeness (QED) is 0.862. The summed E-state index contributed by atoms with van der Waals surface area (Å²) < 4.78 is 5.17. The fourth-order valence-electron chi connectivity index (χ4n) is 2.38. The molecule has 0 aromatic heterocycles. The van der Waals surface area contributed by atoms with Gasteiger partial charge >= 0.3 is 6.09 Å². The van der Waals surface area contributed by atoms with Crippen LogP contribution in [0.15, 0.2) is 30.3 Å². The highest BCUT2D eigenvalue weighted by Crippen LogP contribution is 2.10. The molecule has 114 valence electrons. The van der Waals surface area contributed by atoms with Gasteiger partial charge in [-0.1, -0.05) is 30.3 Å². The van der Waals surface area contributed by atoms with Crippen LogP contribution in [0, 0.1) is 0 Å². The Balaban J connectivity index is 1.76. The van der Waals surface area contributed by atoms with E-state index in [1.165, 1.54) is 0 Å². The van der Waals surface area contributed by atoms with Crippen molar-refractivity contribution in [2.75, 3.05) is 19.6 Å². The molecule has 0 radical (unpaired) electrons. The maximum absolute atomic E-state index is 11.8. The van der Waals surface area contributed by atoms with E-state index < -0.39 is 6.09 Å². The maximum Gasteiger partial charge on any atom is 0.407 e. The van der Waals surface area contributed by atoms with Crippen molar-refractivity contribution in [1.29, 1.82) is 0 Å². The van der Waals surface area contributed by atoms with Gasteiger partial charge in [0.05, 0.1) is 6.54 Å². The molecule has 6 heteroatoms. The van der Waals surface area contributed by atoms with Gasteiger partial charge in [-0.3, -0.25) is 4.79 Å². The van der Waals surface area contributed by atoms with Gasteiger partial charge in [0.25, 0.3) is 0 Å². The summed E-state index contributed by atoms with van der Waals surface area (Å²) in [6.07, 6.45) is 1.25. The van der Waals surface area contributed by atoms with E-state index in [9.17, 15) is 9.59 Å². The number of nitrogens with two attached hydrogens (primary N) is 1. The van der Waals surface area contributed by atoms with E-state index in [0.29, 0.717) is 13.1 Å². The summed E-state index contributed by atoms with van der Waals surface area (Å²) in [7, 11) is 0. The number of nitrogens with zero attached hydrogens (tertiary/aromatic N) is 1. The second-order valence-corrected chi connectivity index (χ2v) is 5.09. The van der Waals surface area contributed by atoms with Crippen LogP contribution in [0.25, 0.3) is 0 Å². The van der Waals surface area contributed by atoms with E-state index >= 15 is 0 Å². The predicted molar refractivity (Wildman–Crippen MR) is 78.4 cm³/mol. The molecular weight excluding hydrogens is 270 g/mol. The number of carbonyl (C=O) groups is 2. The first-order valence-electron chi connectivity index (χ1n) is 7.14. The van der Waals surface area contributed by atoms with Crippen molar-refractivity contribution in [2.45, 2.75) is 25.5 Å². The van der Waals surface area contributed by atoms with Crippen molar-refractivity contribution in [2.24, 2.45) is 5.73 Å². The molecule has 2 amide bonds. The molecule has 1 aromatic rings. The van der Waals surface area contributed by atoms with E-state index in [1.54, 1.807) is 4.90 Å². The van der Waals surface area contributed by atoms with Gasteiger partial charge in [-0.25, -0.2) is 4.79 Å². The Labute approximate surface area is 124 Å². The van der Waals surface area contributed by atoms with Gasteiger partial charge in [0.1, 0.15) is 6.61 Å². The second kappa shape index (κ2) is 7.64. The molecule has 1 unspecified atom stereocenters. The van der Waals surface area contributed by atoms with Gasteiger partial charge < -0.3 is 20.7 Å². The average molecular weight is 291 g/mol. The van der Waals surface area contributed by atoms with Crippen molar-refractivity contribution in [1.82, 2.24) is 10.2 Å². The first kappa shape index (κ1) is 15.3. The predicted octanol–water partition coefficient (Wildman–Crippen LogP) is 0.862. The molecule has 6 nitrogen and oxygen atoms in total. The maximum atomic E-state index is 11.8. The van der Waals surface area contributed by atoms with Crippen LogP contribution in [0.5, 0.6) is 0 Å². The molecule has 2 rings (SSSR count).